The van der Waals surface area contributed by atoms with Crippen molar-refractivity contribution in [1.29, 1.82) is 0 Å². The molecule has 0 aliphatic rings. The van der Waals surface area contributed by atoms with Gasteiger partial charge in [0.1, 0.15) is 5.69 Å². The van der Waals surface area contributed by atoms with Crippen LogP contribution in [-0.2, 0) is 4.79 Å². The van der Waals surface area contributed by atoms with Crippen LogP contribution in [0.4, 0.5) is 11.4 Å². The third-order valence-corrected chi connectivity index (χ3v) is 4.39. The molecule has 0 fully saturated rings. The summed E-state index contributed by atoms with van der Waals surface area (Å²) in [4.78, 5) is 23.2. The Morgan fingerprint density at radius 3 is 2.59 bits per heavy atom. The topological polar surface area (TPSA) is 72.2 Å². The molecule has 0 saturated heterocycles. The minimum absolute atomic E-state index is 0.135. The van der Waals surface area contributed by atoms with E-state index in [4.69, 9.17) is 11.6 Å². The van der Waals surface area contributed by atoms with E-state index in [0.717, 1.165) is 9.37 Å². The molecule has 1 amide bonds. The van der Waals surface area contributed by atoms with Crippen molar-refractivity contribution in [2.45, 2.75) is 4.90 Å². The molecule has 0 aliphatic carbocycles. The number of carbonyl (C=O) groups is 1. The minimum Gasteiger partial charge on any atom is -0.320 e. The van der Waals surface area contributed by atoms with E-state index in [2.05, 4.69) is 21.2 Å². The lowest BCUT2D eigenvalue weighted by Gasteiger charge is -2.06. The molecule has 2 aromatic rings. The third-order valence-electron chi connectivity index (χ3n) is 2.61. The first-order valence-electron chi connectivity index (χ1n) is 6.08. The fraction of sp³-hybridized carbons (Fsp3) is 0.0714. The lowest BCUT2D eigenvalue weighted by Crippen LogP contribution is -2.15. The summed E-state index contributed by atoms with van der Waals surface area (Å²) in [6, 6.07) is 11.6. The molecule has 0 bridgehead atoms. The highest BCUT2D eigenvalue weighted by atomic mass is 79.9. The van der Waals surface area contributed by atoms with E-state index in [1.165, 1.54) is 30.0 Å². The fourth-order valence-corrected chi connectivity index (χ4v) is 2.76. The number of thioether (sulfide) groups is 1. The second-order valence-corrected chi connectivity index (χ2v) is 6.61. The molecule has 1 N–H and O–H groups in total. The SMILES string of the molecule is O=C(CSc1ccc(Br)cc1)Nc1ccc(Cl)cc1[N+](=O)[O-]. The Morgan fingerprint density at radius 1 is 1.27 bits per heavy atom. The number of nitro benzene ring substituents is 1. The van der Waals surface area contributed by atoms with Crippen LogP contribution in [0.2, 0.25) is 5.02 Å². The van der Waals surface area contributed by atoms with Crippen LogP contribution in [0.25, 0.3) is 0 Å². The Hall–Kier alpha value is -1.57. The van der Waals surface area contributed by atoms with Crippen LogP contribution >= 0.6 is 39.3 Å². The molecule has 114 valence electrons. The van der Waals surface area contributed by atoms with Crippen LogP contribution in [0, 0.1) is 10.1 Å². The molecule has 2 aromatic carbocycles. The molecular formula is C14H10BrClN2O3S. The first-order chi connectivity index (χ1) is 10.5. The zero-order chi connectivity index (χ0) is 16.1. The van der Waals surface area contributed by atoms with Gasteiger partial charge < -0.3 is 5.32 Å². The number of benzene rings is 2. The number of nitrogens with zero attached hydrogens (tertiary/aromatic N) is 1. The van der Waals surface area contributed by atoms with Crippen molar-refractivity contribution in [3.05, 3.63) is 62.1 Å². The highest BCUT2D eigenvalue weighted by Gasteiger charge is 2.16. The first kappa shape index (κ1) is 16.8. The van der Waals surface area contributed by atoms with Gasteiger partial charge in [-0.3, -0.25) is 14.9 Å². The van der Waals surface area contributed by atoms with Gasteiger partial charge in [0.05, 0.1) is 10.7 Å². The van der Waals surface area contributed by atoms with Gasteiger partial charge in [0.2, 0.25) is 5.91 Å². The van der Waals surface area contributed by atoms with Gasteiger partial charge in [0, 0.05) is 20.5 Å². The maximum atomic E-state index is 11.9. The molecule has 0 aliphatic heterocycles. The summed E-state index contributed by atoms with van der Waals surface area (Å²) in [7, 11) is 0. The zero-order valence-electron chi connectivity index (χ0n) is 11.1. The van der Waals surface area contributed by atoms with Crippen LogP contribution in [0.3, 0.4) is 0 Å². The Kier molecular flexibility index (Phi) is 5.82. The molecular weight excluding hydrogens is 392 g/mol. The summed E-state index contributed by atoms with van der Waals surface area (Å²) in [5.41, 5.74) is -0.0923. The van der Waals surface area contributed by atoms with Crippen LogP contribution in [-0.4, -0.2) is 16.6 Å². The van der Waals surface area contributed by atoms with E-state index in [1.54, 1.807) is 0 Å². The van der Waals surface area contributed by atoms with Gasteiger partial charge in [-0.25, -0.2) is 0 Å². The standard InChI is InChI=1S/C14H10BrClN2O3S/c15-9-1-4-11(5-2-9)22-8-14(19)17-12-6-3-10(16)7-13(12)18(20)21/h1-7H,8H2,(H,17,19). The second kappa shape index (κ2) is 7.62. The summed E-state index contributed by atoms with van der Waals surface area (Å²) >= 11 is 10.4. The summed E-state index contributed by atoms with van der Waals surface area (Å²) in [6.07, 6.45) is 0. The molecule has 0 aromatic heterocycles. The summed E-state index contributed by atoms with van der Waals surface area (Å²) in [5.74, 6) is -0.167. The van der Waals surface area contributed by atoms with Gasteiger partial charge in [0.15, 0.2) is 0 Å². The van der Waals surface area contributed by atoms with Crippen LogP contribution in [0.5, 0.6) is 0 Å². The van der Waals surface area contributed by atoms with E-state index in [9.17, 15) is 14.9 Å². The van der Waals surface area contributed by atoms with Crippen molar-refractivity contribution in [3.8, 4) is 0 Å². The number of nitro groups is 1. The van der Waals surface area contributed by atoms with Crippen molar-refractivity contribution >= 4 is 56.6 Å². The van der Waals surface area contributed by atoms with E-state index >= 15 is 0 Å². The van der Waals surface area contributed by atoms with Gasteiger partial charge in [-0.2, -0.15) is 0 Å². The molecule has 0 spiro atoms. The zero-order valence-corrected chi connectivity index (χ0v) is 14.2. The first-order valence-corrected chi connectivity index (χ1v) is 8.23. The molecule has 5 nitrogen and oxygen atoms in total. The van der Waals surface area contributed by atoms with Gasteiger partial charge >= 0.3 is 0 Å². The van der Waals surface area contributed by atoms with Gasteiger partial charge in [-0.1, -0.05) is 27.5 Å². The number of rotatable bonds is 5. The fourth-order valence-electron chi connectivity index (χ4n) is 1.63. The molecule has 0 atom stereocenters. The smallest absolute Gasteiger partial charge is 0.294 e. The van der Waals surface area contributed by atoms with Crippen LogP contribution in [0.15, 0.2) is 51.8 Å². The van der Waals surface area contributed by atoms with Gasteiger partial charge in [0.25, 0.3) is 5.69 Å². The predicted octanol–water partition coefficient (Wildman–Crippen LogP) is 4.74. The van der Waals surface area contributed by atoms with E-state index in [-0.39, 0.29) is 28.1 Å². The molecule has 0 unspecified atom stereocenters. The van der Waals surface area contributed by atoms with E-state index in [0.29, 0.717) is 0 Å². The van der Waals surface area contributed by atoms with Gasteiger partial charge in [-0.15, -0.1) is 11.8 Å². The van der Waals surface area contributed by atoms with Crippen LogP contribution < -0.4 is 5.32 Å². The third kappa shape index (κ3) is 4.72. The number of hydrogen-bond acceptors (Lipinski definition) is 4. The molecule has 0 heterocycles. The Morgan fingerprint density at radius 2 is 1.95 bits per heavy atom. The van der Waals surface area contributed by atoms with Gasteiger partial charge in [-0.05, 0) is 36.4 Å². The quantitative estimate of drug-likeness (QED) is 0.446. The van der Waals surface area contributed by atoms with Crippen molar-refractivity contribution in [3.63, 3.8) is 0 Å². The maximum Gasteiger partial charge on any atom is 0.294 e. The molecule has 0 radical (unpaired) electrons. The normalized spacial score (nSPS) is 10.3. The molecule has 8 heteroatoms. The largest absolute Gasteiger partial charge is 0.320 e. The van der Waals surface area contributed by atoms with Crippen LogP contribution in [0.1, 0.15) is 0 Å². The maximum absolute atomic E-state index is 11.9. The van der Waals surface area contributed by atoms with Crippen molar-refractivity contribution in [1.82, 2.24) is 0 Å². The average Bonchev–Trinajstić information content (AvgIpc) is 2.48. The monoisotopic (exact) mass is 400 g/mol. The predicted molar refractivity (Wildman–Crippen MR) is 91.6 cm³/mol. The van der Waals surface area contributed by atoms with Crippen molar-refractivity contribution in [2.75, 3.05) is 11.1 Å². The Labute approximate surface area is 144 Å². The summed E-state index contributed by atoms with van der Waals surface area (Å²) in [6.45, 7) is 0. The Balaban J connectivity index is 2.00. The van der Waals surface area contributed by atoms with Crippen molar-refractivity contribution < 1.29 is 9.72 Å². The summed E-state index contributed by atoms with van der Waals surface area (Å²) in [5, 5.41) is 13.7. The van der Waals surface area contributed by atoms with E-state index in [1.807, 2.05) is 24.3 Å². The molecule has 2 rings (SSSR count). The summed E-state index contributed by atoms with van der Waals surface area (Å²) < 4.78 is 0.957. The number of amides is 1. The second-order valence-electron chi connectivity index (χ2n) is 4.21. The Bertz CT molecular complexity index is 710. The lowest BCUT2D eigenvalue weighted by molar-refractivity contribution is -0.383. The molecule has 22 heavy (non-hydrogen) atoms. The molecule has 0 saturated carbocycles. The van der Waals surface area contributed by atoms with E-state index < -0.39 is 4.92 Å². The lowest BCUT2D eigenvalue weighted by atomic mass is 10.2. The number of carbonyl (C=O) groups excluding carboxylic acids is 1. The number of hydrogen-bond donors (Lipinski definition) is 1. The number of halogens is 2. The number of anilines is 1. The van der Waals surface area contributed by atoms with Crippen molar-refractivity contribution in [2.24, 2.45) is 0 Å². The minimum atomic E-state index is -0.580. The highest BCUT2D eigenvalue weighted by Crippen LogP contribution is 2.28. The highest BCUT2D eigenvalue weighted by molar-refractivity contribution is 9.10. The number of nitrogens with one attached hydrogen (secondary N) is 1. The average molecular weight is 402 g/mol.